The molecular formula is C35H34F2O2. The van der Waals surface area contributed by atoms with Gasteiger partial charge < -0.3 is 9.47 Å². The molecule has 39 heavy (non-hydrogen) atoms. The van der Waals surface area contributed by atoms with Crippen LogP contribution in [0.4, 0.5) is 8.78 Å². The summed E-state index contributed by atoms with van der Waals surface area (Å²) in [5.41, 5.74) is 6.56. The van der Waals surface area contributed by atoms with Crippen LogP contribution in [0, 0.1) is 11.6 Å². The van der Waals surface area contributed by atoms with E-state index in [4.69, 9.17) is 9.47 Å². The molecule has 2 unspecified atom stereocenters. The first-order chi connectivity index (χ1) is 19.1. The van der Waals surface area contributed by atoms with Crippen LogP contribution in [-0.2, 0) is 4.74 Å². The molecule has 0 spiro atoms. The highest BCUT2D eigenvalue weighted by Crippen LogP contribution is 2.33. The minimum absolute atomic E-state index is 0.0684. The average Bonchev–Trinajstić information content (AvgIpc) is 2.99. The van der Waals surface area contributed by atoms with Crippen molar-refractivity contribution in [3.05, 3.63) is 115 Å². The van der Waals surface area contributed by atoms with Gasteiger partial charge in [0.1, 0.15) is 0 Å². The Balaban J connectivity index is 1.24. The first-order valence-corrected chi connectivity index (χ1v) is 13.7. The van der Waals surface area contributed by atoms with Crippen LogP contribution < -0.4 is 4.74 Å². The summed E-state index contributed by atoms with van der Waals surface area (Å²) >= 11 is 0. The van der Waals surface area contributed by atoms with Gasteiger partial charge in [-0.2, -0.15) is 4.39 Å². The Morgan fingerprint density at radius 2 is 1.33 bits per heavy atom. The molecule has 2 nitrogen and oxygen atoms in total. The van der Waals surface area contributed by atoms with Gasteiger partial charge in [-0.15, -0.1) is 6.58 Å². The molecule has 4 heteroatoms. The Bertz CT molecular complexity index is 1380. The molecule has 1 fully saturated rings. The zero-order chi connectivity index (χ0) is 27.2. The van der Waals surface area contributed by atoms with Crippen LogP contribution in [0.25, 0.3) is 33.4 Å². The fourth-order valence-electron chi connectivity index (χ4n) is 5.27. The Labute approximate surface area is 229 Å². The largest absolute Gasteiger partial charge is 0.491 e. The number of allylic oxidation sites excluding steroid dienone is 1. The summed E-state index contributed by atoms with van der Waals surface area (Å²) in [5, 5.41) is 0. The highest BCUT2D eigenvalue weighted by Gasteiger charge is 2.22. The van der Waals surface area contributed by atoms with Crippen molar-refractivity contribution in [2.24, 2.45) is 0 Å². The third-order valence-corrected chi connectivity index (χ3v) is 7.54. The highest BCUT2D eigenvalue weighted by atomic mass is 19.2. The van der Waals surface area contributed by atoms with Gasteiger partial charge in [-0.3, -0.25) is 0 Å². The minimum Gasteiger partial charge on any atom is -0.491 e. The molecule has 0 amide bonds. The smallest absolute Gasteiger partial charge is 0.201 e. The SMILES string of the molecule is C=CCCC1CCC(c2ccc(-c3ccc(-c4ccc(-c5ccc(OCC)c(F)c5F)cc4)cc3)cc2)CO1. The lowest BCUT2D eigenvalue weighted by Crippen LogP contribution is -2.24. The van der Waals surface area contributed by atoms with Crippen molar-refractivity contribution >= 4 is 0 Å². The van der Waals surface area contributed by atoms with Crippen molar-refractivity contribution in [1.82, 2.24) is 0 Å². The average molecular weight is 525 g/mol. The van der Waals surface area contributed by atoms with E-state index in [2.05, 4.69) is 55.1 Å². The van der Waals surface area contributed by atoms with Gasteiger partial charge >= 0.3 is 0 Å². The lowest BCUT2D eigenvalue weighted by Gasteiger charge is -2.29. The fraction of sp³-hybridized carbons (Fsp3) is 0.257. The van der Waals surface area contributed by atoms with Crippen LogP contribution in [0.15, 0.2) is 97.6 Å². The van der Waals surface area contributed by atoms with E-state index in [1.807, 2.05) is 30.3 Å². The molecule has 0 aromatic heterocycles. The summed E-state index contributed by atoms with van der Waals surface area (Å²) in [6.07, 6.45) is 6.68. The van der Waals surface area contributed by atoms with Crippen molar-refractivity contribution in [3.8, 4) is 39.1 Å². The molecule has 1 aliphatic heterocycles. The summed E-state index contributed by atoms with van der Waals surface area (Å²) in [6, 6.07) is 27.8. The van der Waals surface area contributed by atoms with Gasteiger partial charge in [-0.05, 0) is 78.1 Å². The molecule has 1 saturated heterocycles. The molecule has 2 atom stereocenters. The first-order valence-electron chi connectivity index (χ1n) is 13.7. The second-order valence-electron chi connectivity index (χ2n) is 10.0. The van der Waals surface area contributed by atoms with Gasteiger partial charge in [-0.1, -0.05) is 78.9 Å². The molecular weight excluding hydrogens is 490 g/mol. The van der Waals surface area contributed by atoms with E-state index in [0.717, 1.165) is 49.0 Å². The van der Waals surface area contributed by atoms with Gasteiger partial charge in [0.2, 0.25) is 5.82 Å². The Morgan fingerprint density at radius 3 is 1.85 bits per heavy atom. The minimum atomic E-state index is -0.956. The predicted octanol–water partition coefficient (Wildman–Crippen LogP) is 9.59. The maximum absolute atomic E-state index is 14.6. The summed E-state index contributed by atoms with van der Waals surface area (Å²) in [4.78, 5) is 0. The molecule has 4 aromatic carbocycles. The van der Waals surface area contributed by atoms with E-state index < -0.39 is 11.6 Å². The molecule has 5 rings (SSSR count). The number of rotatable bonds is 9. The van der Waals surface area contributed by atoms with Crippen molar-refractivity contribution in [2.45, 2.75) is 44.6 Å². The van der Waals surface area contributed by atoms with Crippen LogP contribution >= 0.6 is 0 Å². The van der Waals surface area contributed by atoms with Crippen molar-refractivity contribution in [3.63, 3.8) is 0 Å². The summed E-state index contributed by atoms with van der Waals surface area (Å²) in [6.45, 7) is 6.61. The predicted molar refractivity (Wildman–Crippen MR) is 155 cm³/mol. The van der Waals surface area contributed by atoms with Crippen LogP contribution in [0.2, 0.25) is 0 Å². The topological polar surface area (TPSA) is 18.5 Å². The van der Waals surface area contributed by atoms with E-state index in [-0.39, 0.29) is 17.9 Å². The van der Waals surface area contributed by atoms with Gasteiger partial charge in [0.05, 0.1) is 19.3 Å². The lowest BCUT2D eigenvalue weighted by molar-refractivity contribution is -0.000171. The van der Waals surface area contributed by atoms with Crippen LogP contribution in [0.1, 0.15) is 44.1 Å². The second-order valence-corrected chi connectivity index (χ2v) is 10.0. The molecule has 4 aromatic rings. The second kappa shape index (κ2) is 12.4. The third kappa shape index (κ3) is 6.12. The summed E-state index contributed by atoms with van der Waals surface area (Å²) in [7, 11) is 0. The zero-order valence-corrected chi connectivity index (χ0v) is 22.3. The first kappa shape index (κ1) is 26.8. The Morgan fingerprint density at radius 1 is 0.769 bits per heavy atom. The fourth-order valence-corrected chi connectivity index (χ4v) is 5.27. The molecule has 0 bridgehead atoms. The molecule has 0 N–H and O–H groups in total. The van der Waals surface area contributed by atoms with E-state index >= 15 is 0 Å². The number of hydrogen-bond donors (Lipinski definition) is 0. The van der Waals surface area contributed by atoms with Gasteiger partial charge in [0.15, 0.2) is 11.6 Å². The van der Waals surface area contributed by atoms with E-state index in [1.165, 1.54) is 17.2 Å². The molecule has 1 heterocycles. The molecule has 0 saturated carbocycles. The van der Waals surface area contributed by atoms with E-state index in [0.29, 0.717) is 17.6 Å². The Hall–Kier alpha value is -3.76. The number of hydrogen-bond acceptors (Lipinski definition) is 2. The molecule has 200 valence electrons. The molecule has 0 aliphatic carbocycles. The monoisotopic (exact) mass is 524 g/mol. The normalized spacial score (nSPS) is 17.1. The molecule has 0 radical (unpaired) electrons. The van der Waals surface area contributed by atoms with Gasteiger partial charge in [-0.25, -0.2) is 4.39 Å². The number of ether oxygens (including phenoxy) is 2. The van der Waals surface area contributed by atoms with Crippen molar-refractivity contribution in [1.29, 1.82) is 0 Å². The third-order valence-electron chi connectivity index (χ3n) is 7.54. The van der Waals surface area contributed by atoms with Gasteiger partial charge in [0.25, 0.3) is 0 Å². The maximum Gasteiger partial charge on any atom is 0.201 e. The number of benzene rings is 4. The summed E-state index contributed by atoms with van der Waals surface area (Å²) < 4.78 is 40.2. The van der Waals surface area contributed by atoms with E-state index in [9.17, 15) is 8.78 Å². The van der Waals surface area contributed by atoms with Crippen LogP contribution in [0.3, 0.4) is 0 Å². The molecule has 1 aliphatic rings. The summed E-state index contributed by atoms with van der Waals surface area (Å²) in [5.74, 6) is -1.46. The standard InChI is InChI=1S/C35H34F2O2/c1-3-5-6-31-20-19-30(23-39-31)28-13-11-26(12-14-28)24-7-9-25(10-8-24)27-15-17-29(18-16-27)32-21-22-33(38-4-2)35(37)34(32)36/h3,7-18,21-22,30-31H,1,4-6,19-20,23H2,2H3. The zero-order valence-electron chi connectivity index (χ0n) is 22.3. The van der Waals surface area contributed by atoms with Gasteiger partial charge in [0, 0.05) is 11.5 Å². The maximum atomic E-state index is 14.6. The van der Waals surface area contributed by atoms with E-state index in [1.54, 1.807) is 13.0 Å². The van der Waals surface area contributed by atoms with Crippen LogP contribution in [-0.4, -0.2) is 19.3 Å². The Kier molecular flexibility index (Phi) is 8.53. The van der Waals surface area contributed by atoms with Crippen LogP contribution in [0.5, 0.6) is 5.75 Å². The highest BCUT2D eigenvalue weighted by molar-refractivity contribution is 5.73. The van der Waals surface area contributed by atoms with Crippen molar-refractivity contribution in [2.75, 3.05) is 13.2 Å². The lowest BCUT2D eigenvalue weighted by atomic mass is 9.89. The number of halogens is 2. The quantitative estimate of drug-likeness (QED) is 0.203. The van der Waals surface area contributed by atoms with Crippen molar-refractivity contribution < 1.29 is 18.3 Å².